The summed E-state index contributed by atoms with van der Waals surface area (Å²) in [5, 5.41) is 8.45. The van der Waals surface area contributed by atoms with E-state index in [4.69, 9.17) is 0 Å². The van der Waals surface area contributed by atoms with E-state index in [9.17, 15) is 4.79 Å². The first-order valence-corrected chi connectivity index (χ1v) is 7.65. The first-order chi connectivity index (χ1) is 10.2. The zero-order valence-electron chi connectivity index (χ0n) is 11.9. The third kappa shape index (κ3) is 2.69. The quantitative estimate of drug-likeness (QED) is 0.693. The molecule has 0 saturated heterocycles. The smallest absolute Gasteiger partial charge is 0.267 e. The molecule has 4 nitrogen and oxygen atoms in total. The number of carbonyl (C=O) groups is 1. The molecular weight excluding hydrogens is 282 g/mol. The average Bonchev–Trinajstić information content (AvgIpc) is 2.90. The second-order valence-corrected chi connectivity index (χ2v) is 6.58. The van der Waals surface area contributed by atoms with Crippen LogP contribution in [0.2, 0.25) is 0 Å². The molecule has 0 bridgehead atoms. The lowest BCUT2D eigenvalue weighted by molar-refractivity contribution is 0.0945. The topological polar surface area (TPSA) is 47.8 Å². The number of rotatable bonds is 3. The number of hydrogen-bond acceptors (Lipinski definition) is 4. The summed E-state index contributed by atoms with van der Waals surface area (Å²) in [6.07, 6.45) is 0. The van der Waals surface area contributed by atoms with Gasteiger partial charge < -0.3 is 0 Å². The fourth-order valence-electron chi connectivity index (χ4n) is 2.13. The van der Waals surface area contributed by atoms with Crippen molar-refractivity contribution in [1.29, 1.82) is 0 Å². The predicted octanol–water partition coefficient (Wildman–Crippen LogP) is 3.62. The summed E-state index contributed by atoms with van der Waals surface area (Å²) in [6.45, 7) is 4.22. The van der Waals surface area contributed by atoms with Crippen LogP contribution in [0.3, 0.4) is 0 Å². The van der Waals surface area contributed by atoms with E-state index in [2.05, 4.69) is 24.2 Å². The largest absolute Gasteiger partial charge is 0.281 e. The molecule has 3 rings (SSSR count). The minimum Gasteiger partial charge on any atom is -0.267 e. The van der Waals surface area contributed by atoms with Crippen molar-refractivity contribution in [2.45, 2.75) is 24.0 Å². The van der Waals surface area contributed by atoms with Crippen LogP contribution in [0.25, 0.3) is 11.0 Å². The molecule has 5 heteroatoms. The molecular formula is C16H15N3OS. The average molecular weight is 297 g/mol. The van der Waals surface area contributed by atoms with Gasteiger partial charge >= 0.3 is 0 Å². The maximum atomic E-state index is 12.8. The van der Waals surface area contributed by atoms with E-state index in [0.717, 1.165) is 15.9 Å². The number of aromatic nitrogens is 3. The predicted molar refractivity (Wildman–Crippen MR) is 84.7 cm³/mol. The highest BCUT2D eigenvalue weighted by Gasteiger charge is 2.17. The highest BCUT2D eigenvalue weighted by molar-refractivity contribution is 8.00. The Morgan fingerprint density at radius 2 is 1.81 bits per heavy atom. The van der Waals surface area contributed by atoms with Crippen LogP contribution in [0, 0.1) is 0 Å². The zero-order valence-corrected chi connectivity index (χ0v) is 12.7. The van der Waals surface area contributed by atoms with Gasteiger partial charge in [0.2, 0.25) is 0 Å². The Balaban J connectivity index is 2.06. The van der Waals surface area contributed by atoms with Gasteiger partial charge in [-0.2, -0.15) is 4.68 Å². The third-order valence-electron chi connectivity index (χ3n) is 3.02. The van der Waals surface area contributed by atoms with E-state index >= 15 is 0 Å². The van der Waals surface area contributed by atoms with Crippen molar-refractivity contribution in [3.63, 3.8) is 0 Å². The lowest BCUT2D eigenvalue weighted by Crippen LogP contribution is -2.15. The van der Waals surface area contributed by atoms with Crippen LogP contribution < -0.4 is 0 Å². The van der Waals surface area contributed by atoms with Crippen molar-refractivity contribution in [2.75, 3.05) is 0 Å². The van der Waals surface area contributed by atoms with E-state index in [1.54, 1.807) is 11.8 Å². The van der Waals surface area contributed by atoms with E-state index < -0.39 is 0 Å². The number of para-hydroxylation sites is 1. The van der Waals surface area contributed by atoms with Crippen LogP contribution in [0.5, 0.6) is 0 Å². The molecule has 0 atom stereocenters. The van der Waals surface area contributed by atoms with Crippen LogP contribution in [0.15, 0.2) is 53.4 Å². The lowest BCUT2D eigenvalue weighted by atomic mass is 10.2. The van der Waals surface area contributed by atoms with Crippen LogP contribution in [-0.2, 0) is 0 Å². The molecule has 2 aromatic carbocycles. The van der Waals surface area contributed by atoms with Crippen molar-refractivity contribution >= 4 is 28.7 Å². The van der Waals surface area contributed by atoms with Gasteiger partial charge in [-0.25, -0.2) is 0 Å². The molecule has 0 aliphatic rings. The van der Waals surface area contributed by atoms with Crippen molar-refractivity contribution in [3.05, 3.63) is 54.1 Å². The Hall–Kier alpha value is -2.14. The van der Waals surface area contributed by atoms with Crippen LogP contribution in [0.4, 0.5) is 0 Å². The number of fused-ring (bicyclic) bond motifs is 1. The molecule has 21 heavy (non-hydrogen) atoms. The molecule has 0 amide bonds. The molecule has 0 fully saturated rings. The van der Waals surface area contributed by atoms with E-state index in [0.29, 0.717) is 10.8 Å². The van der Waals surface area contributed by atoms with Gasteiger partial charge in [-0.3, -0.25) is 4.79 Å². The molecule has 106 valence electrons. The van der Waals surface area contributed by atoms with Gasteiger partial charge in [0.1, 0.15) is 5.52 Å². The summed E-state index contributed by atoms with van der Waals surface area (Å²) in [5.41, 5.74) is 2.11. The first-order valence-electron chi connectivity index (χ1n) is 6.77. The van der Waals surface area contributed by atoms with Crippen molar-refractivity contribution in [1.82, 2.24) is 15.0 Å². The normalized spacial score (nSPS) is 11.2. The summed E-state index contributed by atoms with van der Waals surface area (Å²) in [7, 11) is 0. The molecule has 0 N–H and O–H groups in total. The van der Waals surface area contributed by atoms with Crippen molar-refractivity contribution in [2.24, 2.45) is 0 Å². The fraction of sp³-hybridized carbons (Fsp3) is 0.188. The van der Waals surface area contributed by atoms with Gasteiger partial charge in [-0.05, 0) is 24.3 Å². The maximum absolute atomic E-state index is 12.8. The van der Waals surface area contributed by atoms with Crippen LogP contribution in [-0.4, -0.2) is 26.2 Å². The summed E-state index contributed by atoms with van der Waals surface area (Å²) in [6, 6.07) is 15.1. The highest BCUT2D eigenvalue weighted by Crippen LogP contribution is 2.27. The van der Waals surface area contributed by atoms with Gasteiger partial charge in [0.05, 0.1) is 11.1 Å². The minimum absolute atomic E-state index is 0.146. The first kappa shape index (κ1) is 13.8. The molecule has 1 heterocycles. The minimum atomic E-state index is -0.146. The van der Waals surface area contributed by atoms with E-state index in [-0.39, 0.29) is 5.91 Å². The number of hydrogen-bond donors (Lipinski definition) is 0. The monoisotopic (exact) mass is 297 g/mol. The number of carbonyl (C=O) groups excluding carboxylic acids is 1. The Morgan fingerprint density at radius 3 is 2.62 bits per heavy atom. The third-order valence-corrected chi connectivity index (χ3v) is 4.11. The Bertz CT molecular complexity index is 795. The summed E-state index contributed by atoms with van der Waals surface area (Å²) in [4.78, 5) is 13.7. The van der Waals surface area contributed by atoms with E-state index in [1.807, 2.05) is 48.5 Å². The Morgan fingerprint density at radius 1 is 1.10 bits per heavy atom. The molecule has 0 spiro atoms. The summed E-state index contributed by atoms with van der Waals surface area (Å²) < 4.78 is 1.37. The molecule has 0 saturated carbocycles. The highest BCUT2D eigenvalue weighted by atomic mass is 32.2. The Labute approximate surface area is 127 Å². The number of nitrogens with zero attached hydrogens (tertiary/aromatic N) is 3. The van der Waals surface area contributed by atoms with Gasteiger partial charge in [0.25, 0.3) is 5.91 Å². The van der Waals surface area contributed by atoms with Gasteiger partial charge in [0.15, 0.2) is 0 Å². The summed E-state index contributed by atoms with van der Waals surface area (Å²) >= 11 is 1.67. The maximum Gasteiger partial charge on any atom is 0.281 e. The summed E-state index contributed by atoms with van der Waals surface area (Å²) in [5.74, 6) is -0.146. The molecule has 0 unspecified atom stereocenters. The zero-order chi connectivity index (χ0) is 14.8. The molecule has 1 aromatic heterocycles. The molecule has 0 aliphatic heterocycles. The Kier molecular flexibility index (Phi) is 3.75. The van der Waals surface area contributed by atoms with Gasteiger partial charge in [-0.1, -0.05) is 43.3 Å². The van der Waals surface area contributed by atoms with Crippen molar-refractivity contribution < 1.29 is 4.79 Å². The number of benzene rings is 2. The van der Waals surface area contributed by atoms with Crippen LogP contribution in [0.1, 0.15) is 24.2 Å². The second-order valence-electron chi connectivity index (χ2n) is 4.96. The van der Waals surface area contributed by atoms with Crippen molar-refractivity contribution in [3.8, 4) is 0 Å². The molecule has 0 aliphatic carbocycles. The van der Waals surface area contributed by atoms with Gasteiger partial charge in [0, 0.05) is 10.1 Å². The fourth-order valence-corrected chi connectivity index (χ4v) is 3.08. The SMILES string of the molecule is CC(C)Sc1ccccc1C(=O)n1nnc2ccccc21. The van der Waals surface area contributed by atoms with Gasteiger partial charge in [-0.15, -0.1) is 16.9 Å². The second kappa shape index (κ2) is 5.69. The van der Waals surface area contributed by atoms with Crippen LogP contribution >= 0.6 is 11.8 Å². The standard InChI is InChI=1S/C16H15N3OS/c1-11(2)21-15-10-6-3-7-12(15)16(20)19-14-9-5-4-8-13(14)17-18-19/h3-11H,1-2H3. The van der Waals surface area contributed by atoms with E-state index in [1.165, 1.54) is 4.68 Å². The molecule has 3 aromatic rings. The number of thioether (sulfide) groups is 1. The lowest BCUT2D eigenvalue weighted by Gasteiger charge is -2.10. The molecule has 0 radical (unpaired) electrons.